The summed E-state index contributed by atoms with van der Waals surface area (Å²) in [7, 11) is 0. The van der Waals surface area contributed by atoms with Crippen LogP contribution in [0.15, 0.2) is 24.3 Å². The van der Waals surface area contributed by atoms with Crippen molar-refractivity contribution in [3.05, 3.63) is 34.4 Å². The summed E-state index contributed by atoms with van der Waals surface area (Å²) in [6, 6.07) is 5.91. The first-order chi connectivity index (χ1) is 9.15. The minimum absolute atomic E-state index is 0. The van der Waals surface area contributed by atoms with Crippen LogP contribution in [0.1, 0.15) is 6.42 Å². The molecule has 20 heavy (non-hydrogen) atoms. The van der Waals surface area contributed by atoms with Crippen molar-refractivity contribution in [2.24, 2.45) is 0 Å². The predicted molar refractivity (Wildman–Crippen MR) is 75.3 cm³/mol. The van der Waals surface area contributed by atoms with Crippen molar-refractivity contribution in [1.82, 2.24) is 10.6 Å². The molecule has 2 N–H and O–H groups in total. The first-order valence-corrected chi connectivity index (χ1v) is 6.02. The monoisotopic (exact) mass is 301 g/mol. The number of hydrogen-bond donors (Lipinski definition) is 2. The molecule has 1 aliphatic heterocycles. The van der Waals surface area contributed by atoms with Crippen LogP contribution in [0.4, 0.5) is 5.69 Å². The fourth-order valence-corrected chi connectivity index (χ4v) is 1.88. The molecule has 1 heterocycles. The molecule has 2 rings (SSSR count). The molecule has 1 aromatic carbocycles. The van der Waals surface area contributed by atoms with Crippen LogP contribution in [0.25, 0.3) is 0 Å². The number of carbonyl (C=O) groups excluding carboxylic acids is 1. The molecule has 8 heteroatoms. The van der Waals surface area contributed by atoms with Crippen LogP contribution in [-0.4, -0.2) is 36.6 Å². The lowest BCUT2D eigenvalue weighted by atomic mass is 10.2. The average Bonchev–Trinajstić information content (AvgIpc) is 2.89. The maximum absolute atomic E-state index is 11.6. The minimum atomic E-state index is -0.503. The third-order valence-electron chi connectivity index (χ3n) is 2.82. The van der Waals surface area contributed by atoms with Crippen LogP contribution in [0, 0.1) is 10.1 Å². The molecule has 1 saturated heterocycles. The zero-order valence-corrected chi connectivity index (χ0v) is 11.5. The van der Waals surface area contributed by atoms with Crippen molar-refractivity contribution < 1.29 is 14.5 Å². The Labute approximate surface area is 122 Å². The number of non-ortho nitro benzene ring substituents is 1. The number of hydrogen-bond acceptors (Lipinski definition) is 5. The van der Waals surface area contributed by atoms with Crippen molar-refractivity contribution in [1.29, 1.82) is 0 Å². The molecule has 0 saturated carbocycles. The van der Waals surface area contributed by atoms with Crippen LogP contribution < -0.4 is 15.4 Å². The SMILES string of the molecule is Cl.O=C(COc1cccc([N+](=O)[O-])c1)NC1CCNC1. The number of rotatable bonds is 5. The van der Waals surface area contributed by atoms with E-state index in [2.05, 4.69) is 10.6 Å². The van der Waals surface area contributed by atoms with Gasteiger partial charge in [0.2, 0.25) is 0 Å². The summed E-state index contributed by atoms with van der Waals surface area (Å²) in [6.07, 6.45) is 0.905. The minimum Gasteiger partial charge on any atom is -0.484 e. The van der Waals surface area contributed by atoms with Crippen LogP contribution in [0.3, 0.4) is 0 Å². The van der Waals surface area contributed by atoms with Gasteiger partial charge in [0.15, 0.2) is 6.61 Å². The van der Waals surface area contributed by atoms with Crippen molar-refractivity contribution in [2.45, 2.75) is 12.5 Å². The Morgan fingerprint density at radius 1 is 1.55 bits per heavy atom. The molecule has 1 aromatic rings. The normalized spacial score (nSPS) is 17.1. The fourth-order valence-electron chi connectivity index (χ4n) is 1.88. The summed E-state index contributed by atoms with van der Waals surface area (Å²) in [6.45, 7) is 1.52. The van der Waals surface area contributed by atoms with Gasteiger partial charge in [-0.1, -0.05) is 6.07 Å². The second-order valence-corrected chi connectivity index (χ2v) is 4.30. The zero-order valence-electron chi connectivity index (χ0n) is 10.7. The van der Waals surface area contributed by atoms with Crippen molar-refractivity contribution in [3.63, 3.8) is 0 Å². The van der Waals surface area contributed by atoms with E-state index in [0.717, 1.165) is 19.5 Å². The maximum atomic E-state index is 11.6. The third-order valence-corrected chi connectivity index (χ3v) is 2.82. The summed E-state index contributed by atoms with van der Waals surface area (Å²) >= 11 is 0. The Morgan fingerprint density at radius 2 is 2.35 bits per heavy atom. The van der Waals surface area contributed by atoms with E-state index >= 15 is 0 Å². The topological polar surface area (TPSA) is 93.5 Å². The van der Waals surface area contributed by atoms with Gasteiger partial charge >= 0.3 is 0 Å². The fraction of sp³-hybridized carbons (Fsp3) is 0.417. The number of nitro benzene ring substituents is 1. The van der Waals surface area contributed by atoms with E-state index in [0.29, 0.717) is 5.75 Å². The molecule has 1 atom stereocenters. The lowest BCUT2D eigenvalue weighted by molar-refractivity contribution is -0.384. The maximum Gasteiger partial charge on any atom is 0.273 e. The molecule has 0 radical (unpaired) electrons. The van der Waals surface area contributed by atoms with E-state index in [9.17, 15) is 14.9 Å². The number of benzene rings is 1. The number of nitrogens with zero attached hydrogens (tertiary/aromatic N) is 1. The van der Waals surface area contributed by atoms with Gasteiger partial charge in [0.25, 0.3) is 11.6 Å². The van der Waals surface area contributed by atoms with E-state index in [1.54, 1.807) is 6.07 Å². The van der Waals surface area contributed by atoms with Crippen molar-refractivity contribution in [2.75, 3.05) is 19.7 Å². The summed E-state index contributed by atoms with van der Waals surface area (Å²) in [5.41, 5.74) is -0.0575. The van der Waals surface area contributed by atoms with Crippen molar-refractivity contribution >= 4 is 24.0 Å². The summed E-state index contributed by atoms with van der Waals surface area (Å²) in [5.74, 6) is 0.0918. The standard InChI is InChI=1S/C12H15N3O4.ClH/c16-12(14-9-4-5-13-7-9)8-19-11-3-1-2-10(6-11)15(17)18;/h1-3,6,9,13H,4-5,7-8H2,(H,14,16);1H. The molecule has 1 aliphatic rings. The quantitative estimate of drug-likeness (QED) is 0.622. The molecule has 0 bridgehead atoms. The Kier molecular flexibility index (Phi) is 6.20. The Morgan fingerprint density at radius 3 is 3.00 bits per heavy atom. The van der Waals surface area contributed by atoms with E-state index in [1.807, 2.05) is 0 Å². The zero-order chi connectivity index (χ0) is 13.7. The van der Waals surface area contributed by atoms with Crippen LogP contribution in [-0.2, 0) is 4.79 Å². The van der Waals surface area contributed by atoms with Gasteiger partial charge in [0.05, 0.1) is 11.0 Å². The molecule has 1 fully saturated rings. The first kappa shape index (κ1) is 16.2. The predicted octanol–water partition coefficient (Wildman–Crippen LogP) is 0.873. The summed E-state index contributed by atoms with van der Waals surface area (Å²) in [4.78, 5) is 21.7. The molecule has 1 unspecified atom stereocenters. The number of amides is 1. The van der Waals surface area contributed by atoms with Crippen molar-refractivity contribution in [3.8, 4) is 5.75 Å². The number of ether oxygens (including phenoxy) is 1. The number of nitro groups is 1. The Hall–Kier alpha value is -1.86. The van der Waals surface area contributed by atoms with Crippen LogP contribution >= 0.6 is 12.4 Å². The highest BCUT2D eigenvalue weighted by Crippen LogP contribution is 2.18. The third kappa shape index (κ3) is 4.67. The van der Waals surface area contributed by atoms with E-state index < -0.39 is 4.92 Å². The summed E-state index contributed by atoms with van der Waals surface area (Å²) < 4.78 is 5.23. The van der Waals surface area contributed by atoms with E-state index in [-0.39, 0.29) is 36.7 Å². The van der Waals surface area contributed by atoms with Gasteiger partial charge in [-0.2, -0.15) is 0 Å². The van der Waals surface area contributed by atoms with Crippen LogP contribution in [0.2, 0.25) is 0 Å². The largest absolute Gasteiger partial charge is 0.484 e. The highest BCUT2D eigenvalue weighted by atomic mass is 35.5. The lowest BCUT2D eigenvalue weighted by Crippen LogP contribution is -2.39. The number of halogens is 1. The average molecular weight is 302 g/mol. The van der Waals surface area contributed by atoms with Crippen LogP contribution in [0.5, 0.6) is 5.75 Å². The highest BCUT2D eigenvalue weighted by molar-refractivity contribution is 5.85. The van der Waals surface area contributed by atoms with Gasteiger partial charge in [-0.15, -0.1) is 12.4 Å². The van der Waals surface area contributed by atoms with Gasteiger partial charge in [-0.3, -0.25) is 14.9 Å². The molecular weight excluding hydrogens is 286 g/mol. The molecular formula is C12H16ClN3O4. The molecule has 1 amide bonds. The van der Waals surface area contributed by atoms with E-state index in [4.69, 9.17) is 4.74 Å². The molecule has 110 valence electrons. The lowest BCUT2D eigenvalue weighted by Gasteiger charge is -2.11. The Bertz CT molecular complexity index is 478. The molecule has 0 aromatic heterocycles. The Balaban J connectivity index is 0.00000200. The molecule has 0 aliphatic carbocycles. The first-order valence-electron chi connectivity index (χ1n) is 6.02. The second-order valence-electron chi connectivity index (χ2n) is 4.30. The van der Waals surface area contributed by atoms with Gasteiger partial charge in [-0.05, 0) is 19.0 Å². The second kappa shape index (κ2) is 7.66. The van der Waals surface area contributed by atoms with Gasteiger partial charge < -0.3 is 15.4 Å². The van der Waals surface area contributed by atoms with Gasteiger partial charge in [0.1, 0.15) is 5.75 Å². The van der Waals surface area contributed by atoms with E-state index in [1.165, 1.54) is 18.2 Å². The van der Waals surface area contributed by atoms with Gasteiger partial charge in [-0.25, -0.2) is 0 Å². The number of carbonyl (C=O) groups is 1. The molecule has 7 nitrogen and oxygen atoms in total. The smallest absolute Gasteiger partial charge is 0.273 e. The number of nitrogens with one attached hydrogen (secondary N) is 2. The summed E-state index contributed by atoms with van der Waals surface area (Å²) in [5, 5.41) is 16.6. The molecule has 0 spiro atoms. The van der Waals surface area contributed by atoms with Gasteiger partial charge in [0, 0.05) is 18.7 Å². The highest BCUT2D eigenvalue weighted by Gasteiger charge is 2.16.